The molecule has 1 aromatic heterocycles. The predicted molar refractivity (Wildman–Crippen MR) is 62.8 cm³/mol. The Kier molecular flexibility index (Phi) is 3.43. The number of hydrogen-bond acceptors (Lipinski definition) is 6. The van der Waals surface area contributed by atoms with Gasteiger partial charge in [0, 0.05) is 13.2 Å². The Morgan fingerprint density at radius 1 is 1.71 bits per heavy atom. The van der Waals surface area contributed by atoms with E-state index in [1.807, 2.05) is 0 Å². The van der Waals surface area contributed by atoms with Crippen molar-refractivity contribution in [3.05, 3.63) is 17.8 Å². The van der Waals surface area contributed by atoms with Crippen molar-refractivity contribution in [3.63, 3.8) is 0 Å². The summed E-state index contributed by atoms with van der Waals surface area (Å²) in [6.07, 6.45) is 1.24. The molecule has 3 N–H and O–H groups in total. The first-order chi connectivity index (χ1) is 8.20. The molecule has 0 amide bonds. The molecule has 0 saturated carbocycles. The molecule has 0 unspecified atom stereocenters. The number of nitrogens with two attached hydrogens (primary N) is 1. The third-order valence-electron chi connectivity index (χ3n) is 2.61. The van der Waals surface area contributed by atoms with Gasteiger partial charge in [-0.3, -0.25) is 0 Å². The molecule has 6 heteroatoms. The molecule has 1 atom stereocenters. The number of nitrogens with one attached hydrogen (secondary N) is 1. The van der Waals surface area contributed by atoms with Crippen LogP contribution in [0.3, 0.4) is 0 Å². The molecule has 1 aromatic rings. The molecule has 0 aromatic carbocycles. The van der Waals surface area contributed by atoms with E-state index >= 15 is 0 Å². The van der Waals surface area contributed by atoms with E-state index in [4.69, 9.17) is 10.5 Å². The number of pyridine rings is 1. The molecule has 0 radical (unpaired) electrons. The maximum Gasteiger partial charge on any atom is 0.356 e. The Balaban J connectivity index is 2.05. The minimum atomic E-state index is -0.479. The molecule has 1 aliphatic heterocycles. The van der Waals surface area contributed by atoms with Crippen molar-refractivity contribution in [2.45, 2.75) is 12.5 Å². The van der Waals surface area contributed by atoms with Crippen molar-refractivity contribution in [1.29, 1.82) is 0 Å². The van der Waals surface area contributed by atoms with E-state index in [2.05, 4.69) is 15.0 Å². The number of methoxy groups -OCH3 is 1. The molecule has 92 valence electrons. The average molecular weight is 237 g/mol. The molecular weight excluding hydrogens is 222 g/mol. The van der Waals surface area contributed by atoms with Gasteiger partial charge < -0.3 is 20.5 Å². The van der Waals surface area contributed by atoms with Crippen LogP contribution in [0.25, 0.3) is 0 Å². The van der Waals surface area contributed by atoms with Gasteiger partial charge in [-0.15, -0.1) is 0 Å². The zero-order valence-electron chi connectivity index (χ0n) is 9.60. The monoisotopic (exact) mass is 237 g/mol. The molecule has 1 fully saturated rings. The van der Waals surface area contributed by atoms with Crippen molar-refractivity contribution in [3.8, 4) is 0 Å². The van der Waals surface area contributed by atoms with Crippen LogP contribution < -0.4 is 11.1 Å². The third-order valence-corrected chi connectivity index (χ3v) is 2.61. The standard InChI is InChI=1S/C11H15N3O3/c1-16-11(15)9-3-2-8(12)10(14-9)13-6-7-4-5-17-7/h2-3,7H,4-6,12H2,1H3,(H,13,14)/t7-/m0/s1. The van der Waals surface area contributed by atoms with Crippen LogP contribution in [-0.2, 0) is 9.47 Å². The molecule has 6 nitrogen and oxygen atoms in total. The summed E-state index contributed by atoms with van der Waals surface area (Å²) in [5, 5.41) is 3.07. The lowest BCUT2D eigenvalue weighted by atomic mass is 10.2. The lowest BCUT2D eigenvalue weighted by molar-refractivity contribution is -0.0410. The second-order valence-corrected chi connectivity index (χ2v) is 3.79. The van der Waals surface area contributed by atoms with Crippen molar-refractivity contribution >= 4 is 17.5 Å². The van der Waals surface area contributed by atoms with Crippen LogP contribution in [0.2, 0.25) is 0 Å². The fourth-order valence-corrected chi connectivity index (χ4v) is 1.49. The number of carbonyl (C=O) groups is 1. The number of hydrogen-bond donors (Lipinski definition) is 2. The van der Waals surface area contributed by atoms with Crippen LogP contribution in [0.5, 0.6) is 0 Å². The van der Waals surface area contributed by atoms with E-state index in [1.54, 1.807) is 6.07 Å². The normalized spacial score (nSPS) is 18.3. The summed E-state index contributed by atoms with van der Waals surface area (Å²) in [6, 6.07) is 3.16. The molecule has 2 heterocycles. The van der Waals surface area contributed by atoms with Crippen molar-refractivity contribution in [1.82, 2.24) is 4.98 Å². The first kappa shape index (κ1) is 11.7. The molecule has 1 saturated heterocycles. The Labute approximate surface area is 99.1 Å². The Hall–Kier alpha value is -1.82. The SMILES string of the molecule is COC(=O)c1ccc(N)c(NC[C@@H]2CCO2)n1. The fourth-order valence-electron chi connectivity index (χ4n) is 1.49. The minimum absolute atomic E-state index is 0.206. The first-order valence-electron chi connectivity index (χ1n) is 5.41. The lowest BCUT2D eigenvalue weighted by Crippen LogP contribution is -2.33. The number of esters is 1. The highest BCUT2D eigenvalue weighted by atomic mass is 16.5. The summed E-state index contributed by atoms with van der Waals surface area (Å²) in [5.74, 6) is 0.0105. The van der Waals surface area contributed by atoms with Crippen LogP contribution >= 0.6 is 0 Å². The third kappa shape index (κ3) is 2.65. The maximum absolute atomic E-state index is 11.3. The van der Waals surface area contributed by atoms with Gasteiger partial charge in [0.1, 0.15) is 5.82 Å². The summed E-state index contributed by atoms with van der Waals surface area (Å²) in [4.78, 5) is 15.4. The van der Waals surface area contributed by atoms with E-state index in [-0.39, 0.29) is 11.8 Å². The highest BCUT2D eigenvalue weighted by molar-refractivity contribution is 5.88. The van der Waals surface area contributed by atoms with Crippen molar-refractivity contribution in [2.75, 3.05) is 31.3 Å². The number of aromatic nitrogens is 1. The number of nitrogens with zero attached hydrogens (tertiary/aromatic N) is 1. The number of carbonyl (C=O) groups excluding carboxylic acids is 1. The van der Waals surface area contributed by atoms with Crippen LogP contribution in [0, 0.1) is 0 Å². The van der Waals surface area contributed by atoms with Gasteiger partial charge in [0.25, 0.3) is 0 Å². The molecule has 0 bridgehead atoms. The largest absolute Gasteiger partial charge is 0.464 e. The van der Waals surface area contributed by atoms with E-state index < -0.39 is 5.97 Å². The fraction of sp³-hybridized carbons (Fsp3) is 0.455. The van der Waals surface area contributed by atoms with Crippen LogP contribution in [0.4, 0.5) is 11.5 Å². The van der Waals surface area contributed by atoms with Crippen molar-refractivity contribution < 1.29 is 14.3 Å². The Morgan fingerprint density at radius 2 is 2.47 bits per heavy atom. The topological polar surface area (TPSA) is 86.5 Å². The van der Waals surface area contributed by atoms with E-state index in [9.17, 15) is 4.79 Å². The summed E-state index contributed by atoms with van der Waals surface area (Å²) >= 11 is 0. The average Bonchev–Trinajstić information content (AvgIpc) is 2.28. The van der Waals surface area contributed by atoms with Gasteiger partial charge in [0.15, 0.2) is 5.69 Å². The number of nitrogen functional groups attached to an aromatic ring is 1. The van der Waals surface area contributed by atoms with E-state index in [0.29, 0.717) is 18.1 Å². The summed E-state index contributed by atoms with van der Waals surface area (Å²) in [6.45, 7) is 1.44. The lowest BCUT2D eigenvalue weighted by Gasteiger charge is -2.26. The van der Waals surface area contributed by atoms with Crippen molar-refractivity contribution in [2.24, 2.45) is 0 Å². The van der Waals surface area contributed by atoms with Gasteiger partial charge >= 0.3 is 5.97 Å². The second kappa shape index (κ2) is 5.01. The highest BCUT2D eigenvalue weighted by Gasteiger charge is 2.18. The van der Waals surface area contributed by atoms with Gasteiger partial charge in [0.05, 0.1) is 18.9 Å². The molecule has 0 spiro atoms. The quantitative estimate of drug-likeness (QED) is 0.748. The molecule has 0 aliphatic carbocycles. The smallest absolute Gasteiger partial charge is 0.356 e. The maximum atomic E-state index is 11.3. The van der Waals surface area contributed by atoms with Crippen LogP contribution in [-0.4, -0.2) is 37.3 Å². The van der Waals surface area contributed by atoms with E-state index in [1.165, 1.54) is 13.2 Å². The summed E-state index contributed by atoms with van der Waals surface area (Å²) in [5.41, 5.74) is 6.49. The first-order valence-corrected chi connectivity index (χ1v) is 5.41. The van der Waals surface area contributed by atoms with Gasteiger partial charge in [0.2, 0.25) is 0 Å². The zero-order chi connectivity index (χ0) is 12.3. The van der Waals surface area contributed by atoms with Gasteiger partial charge in [-0.2, -0.15) is 0 Å². The van der Waals surface area contributed by atoms with Crippen LogP contribution in [0.15, 0.2) is 12.1 Å². The van der Waals surface area contributed by atoms with E-state index in [0.717, 1.165) is 13.0 Å². The van der Waals surface area contributed by atoms with Gasteiger partial charge in [-0.05, 0) is 18.6 Å². The number of ether oxygens (including phenoxy) is 2. The molecule has 2 rings (SSSR count). The Morgan fingerprint density at radius 3 is 3.06 bits per heavy atom. The number of rotatable bonds is 4. The molecular formula is C11H15N3O3. The number of anilines is 2. The zero-order valence-corrected chi connectivity index (χ0v) is 9.60. The predicted octanol–water partition coefficient (Wildman–Crippen LogP) is 0.651. The Bertz CT molecular complexity index is 418. The summed E-state index contributed by atoms with van der Waals surface area (Å²) in [7, 11) is 1.32. The molecule has 17 heavy (non-hydrogen) atoms. The van der Waals surface area contributed by atoms with Gasteiger partial charge in [-0.25, -0.2) is 9.78 Å². The molecule has 1 aliphatic rings. The summed E-state index contributed by atoms with van der Waals surface area (Å²) < 4.78 is 9.86. The van der Waals surface area contributed by atoms with Gasteiger partial charge in [-0.1, -0.05) is 0 Å². The minimum Gasteiger partial charge on any atom is -0.464 e. The van der Waals surface area contributed by atoms with Crippen LogP contribution in [0.1, 0.15) is 16.9 Å². The highest BCUT2D eigenvalue weighted by Crippen LogP contribution is 2.18. The second-order valence-electron chi connectivity index (χ2n) is 3.79.